The third kappa shape index (κ3) is 3.99. The molecular formula is C16H22ClN3O2. The van der Waals surface area contributed by atoms with Crippen LogP contribution in [0.1, 0.15) is 36.0 Å². The van der Waals surface area contributed by atoms with Crippen LogP contribution in [0.25, 0.3) is 0 Å². The summed E-state index contributed by atoms with van der Waals surface area (Å²) in [6.45, 7) is 1.44. The van der Waals surface area contributed by atoms with Gasteiger partial charge in [0.05, 0.1) is 0 Å². The lowest BCUT2D eigenvalue weighted by molar-refractivity contribution is -0.117. The van der Waals surface area contributed by atoms with E-state index >= 15 is 0 Å². The molecule has 3 N–H and O–H groups in total. The van der Waals surface area contributed by atoms with Crippen molar-refractivity contribution < 1.29 is 9.59 Å². The number of halogens is 1. The molecule has 1 saturated carbocycles. The number of carbonyl (C=O) groups is 2. The lowest BCUT2D eigenvalue weighted by Gasteiger charge is -2.30. The molecule has 2 amide bonds. The van der Waals surface area contributed by atoms with Gasteiger partial charge in [-0.15, -0.1) is 12.4 Å². The fraction of sp³-hybridized carbons (Fsp3) is 0.500. The van der Waals surface area contributed by atoms with Gasteiger partial charge in [-0.2, -0.15) is 0 Å². The van der Waals surface area contributed by atoms with Gasteiger partial charge in [0.1, 0.15) is 0 Å². The summed E-state index contributed by atoms with van der Waals surface area (Å²) in [6, 6.07) is 7.36. The van der Waals surface area contributed by atoms with Gasteiger partial charge in [0.15, 0.2) is 0 Å². The number of nitrogens with zero attached hydrogens (tertiary/aromatic N) is 1. The van der Waals surface area contributed by atoms with Gasteiger partial charge in [-0.3, -0.25) is 9.59 Å². The third-order valence-corrected chi connectivity index (χ3v) is 4.17. The second-order valence-electron chi connectivity index (χ2n) is 5.97. The van der Waals surface area contributed by atoms with E-state index in [2.05, 4.69) is 5.32 Å². The van der Waals surface area contributed by atoms with E-state index in [-0.39, 0.29) is 36.2 Å². The van der Waals surface area contributed by atoms with Gasteiger partial charge in [-0.1, -0.05) is 0 Å². The third-order valence-electron chi connectivity index (χ3n) is 4.17. The van der Waals surface area contributed by atoms with Crippen molar-refractivity contribution in [1.29, 1.82) is 0 Å². The lowest BCUT2D eigenvalue weighted by atomic mass is 10.0. The molecule has 3 rings (SSSR count). The first-order valence-corrected chi connectivity index (χ1v) is 7.59. The number of likely N-dealkylation sites (tertiary alicyclic amines) is 1. The van der Waals surface area contributed by atoms with Crippen molar-refractivity contribution in [2.24, 2.45) is 11.7 Å². The van der Waals surface area contributed by atoms with E-state index in [1.54, 1.807) is 24.3 Å². The number of piperidine rings is 1. The number of carbonyl (C=O) groups excluding carboxylic acids is 2. The monoisotopic (exact) mass is 323 g/mol. The second-order valence-corrected chi connectivity index (χ2v) is 5.97. The lowest BCUT2D eigenvalue weighted by Crippen LogP contribution is -2.42. The molecule has 5 nitrogen and oxygen atoms in total. The number of hydrogen-bond acceptors (Lipinski definition) is 3. The molecule has 0 radical (unpaired) electrons. The summed E-state index contributed by atoms with van der Waals surface area (Å²) in [5.41, 5.74) is 7.27. The molecule has 0 aromatic heterocycles. The number of nitrogens with two attached hydrogens (primary N) is 1. The van der Waals surface area contributed by atoms with Crippen LogP contribution in [0.2, 0.25) is 0 Å². The minimum absolute atomic E-state index is 0. The SMILES string of the molecule is Cl.NC1CCN(C(=O)c2ccc(NC(=O)C3CC3)cc2)CC1. The number of benzene rings is 1. The van der Waals surface area contributed by atoms with E-state index in [1.165, 1.54) is 0 Å². The van der Waals surface area contributed by atoms with Crippen LogP contribution in [0.5, 0.6) is 0 Å². The molecule has 0 atom stereocenters. The Labute approximate surface area is 136 Å². The molecule has 1 aromatic rings. The number of rotatable bonds is 3. The summed E-state index contributed by atoms with van der Waals surface area (Å²) in [7, 11) is 0. The molecule has 1 aliphatic carbocycles. The Balaban J connectivity index is 0.00000176. The Bertz CT molecular complexity index is 535. The number of amides is 2. The smallest absolute Gasteiger partial charge is 0.253 e. The van der Waals surface area contributed by atoms with Crippen LogP contribution >= 0.6 is 12.4 Å². The van der Waals surface area contributed by atoms with Crippen molar-refractivity contribution in [2.45, 2.75) is 31.7 Å². The summed E-state index contributed by atoms with van der Waals surface area (Å²) >= 11 is 0. The maximum Gasteiger partial charge on any atom is 0.253 e. The van der Waals surface area contributed by atoms with Crippen molar-refractivity contribution >= 4 is 29.9 Å². The molecule has 1 aliphatic heterocycles. The second kappa shape index (κ2) is 7.11. The van der Waals surface area contributed by atoms with Crippen molar-refractivity contribution in [2.75, 3.05) is 18.4 Å². The van der Waals surface area contributed by atoms with Crippen LogP contribution in [-0.2, 0) is 4.79 Å². The molecule has 1 heterocycles. The maximum atomic E-state index is 12.4. The molecule has 1 aromatic carbocycles. The van der Waals surface area contributed by atoms with E-state index in [0.29, 0.717) is 5.56 Å². The summed E-state index contributed by atoms with van der Waals surface area (Å²) in [5, 5.41) is 2.87. The molecule has 0 unspecified atom stereocenters. The van der Waals surface area contributed by atoms with Crippen molar-refractivity contribution in [3.05, 3.63) is 29.8 Å². The van der Waals surface area contributed by atoms with Gasteiger partial charge < -0.3 is 16.0 Å². The van der Waals surface area contributed by atoms with E-state index in [0.717, 1.165) is 44.5 Å². The maximum absolute atomic E-state index is 12.4. The van der Waals surface area contributed by atoms with Crippen molar-refractivity contribution in [3.63, 3.8) is 0 Å². The predicted octanol–water partition coefficient (Wildman–Crippen LogP) is 2.02. The van der Waals surface area contributed by atoms with Gasteiger partial charge in [-0.25, -0.2) is 0 Å². The summed E-state index contributed by atoms with van der Waals surface area (Å²) in [5.74, 6) is 0.310. The van der Waals surface area contributed by atoms with Crippen LogP contribution in [-0.4, -0.2) is 35.8 Å². The first-order valence-electron chi connectivity index (χ1n) is 7.59. The van der Waals surface area contributed by atoms with Crippen LogP contribution in [0, 0.1) is 5.92 Å². The van der Waals surface area contributed by atoms with Gasteiger partial charge in [0.25, 0.3) is 5.91 Å². The first kappa shape index (κ1) is 16.8. The average molecular weight is 324 g/mol. The van der Waals surface area contributed by atoms with Crippen molar-refractivity contribution in [3.8, 4) is 0 Å². The van der Waals surface area contributed by atoms with Crippen LogP contribution < -0.4 is 11.1 Å². The zero-order valence-corrected chi connectivity index (χ0v) is 13.3. The van der Waals surface area contributed by atoms with Crippen LogP contribution in [0.3, 0.4) is 0 Å². The summed E-state index contributed by atoms with van der Waals surface area (Å²) in [4.78, 5) is 25.9. The largest absolute Gasteiger partial charge is 0.339 e. The summed E-state index contributed by atoms with van der Waals surface area (Å²) in [6.07, 6.45) is 3.70. The summed E-state index contributed by atoms with van der Waals surface area (Å²) < 4.78 is 0. The van der Waals surface area contributed by atoms with E-state index in [4.69, 9.17) is 5.73 Å². The molecular weight excluding hydrogens is 302 g/mol. The normalized spacial score (nSPS) is 18.5. The molecule has 2 fully saturated rings. The van der Waals surface area contributed by atoms with Crippen LogP contribution in [0.4, 0.5) is 5.69 Å². The van der Waals surface area contributed by atoms with Gasteiger partial charge in [0.2, 0.25) is 5.91 Å². The fourth-order valence-corrected chi connectivity index (χ4v) is 2.57. The highest BCUT2D eigenvalue weighted by atomic mass is 35.5. The molecule has 6 heteroatoms. The zero-order chi connectivity index (χ0) is 14.8. The standard InChI is InChI=1S/C16H21N3O2.ClH/c17-13-7-9-19(10-8-13)16(21)12-3-5-14(6-4-12)18-15(20)11-1-2-11;/h3-6,11,13H,1-2,7-10,17H2,(H,18,20);1H. The Hall–Kier alpha value is -1.59. The minimum atomic E-state index is 0. The molecule has 0 bridgehead atoms. The van der Waals surface area contributed by atoms with E-state index < -0.39 is 0 Å². The highest BCUT2D eigenvalue weighted by molar-refractivity contribution is 5.96. The number of nitrogens with one attached hydrogen (secondary N) is 1. The van der Waals surface area contributed by atoms with Gasteiger partial charge in [-0.05, 0) is 49.9 Å². The fourth-order valence-electron chi connectivity index (χ4n) is 2.57. The molecule has 120 valence electrons. The van der Waals surface area contributed by atoms with E-state index in [9.17, 15) is 9.59 Å². The molecule has 0 spiro atoms. The number of anilines is 1. The zero-order valence-electron chi connectivity index (χ0n) is 12.5. The van der Waals surface area contributed by atoms with Gasteiger partial charge in [0, 0.05) is 36.3 Å². The van der Waals surface area contributed by atoms with Crippen molar-refractivity contribution in [1.82, 2.24) is 4.90 Å². The minimum Gasteiger partial charge on any atom is -0.339 e. The molecule has 1 saturated heterocycles. The van der Waals surface area contributed by atoms with Crippen LogP contribution in [0.15, 0.2) is 24.3 Å². The topological polar surface area (TPSA) is 75.4 Å². The highest BCUT2D eigenvalue weighted by Gasteiger charge is 2.29. The molecule has 2 aliphatic rings. The Morgan fingerprint density at radius 3 is 2.18 bits per heavy atom. The average Bonchev–Trinajstić information content (AvgIpc) is 3.33. The Morgan fingerprint density at radius 2 is 1.64 bits per heavy atom. The molecule has 22 heavy (non-hydrogen) atoms. The predicted molar refractivity (Wildman–Crippen MR) is 88.2 cm³/mol. The first-order chi connectivity index (χ1) is 10.1. The quantitative estimate of drug-likeness (QED) is 0.893. The Kier molecular flexibility index (Phi) is 5.42. The Morgan fingerprint density at radius 1 is 1.05 bits per heavy atom. The van der Waals surface area contributed by atoms with E-state index in [1.807, 2.05) is 4.90 Å². The van der Waals surface area contributed by atoms with Gasteiger partial charge >= 0.3 is 0 Å². The highest BCUT2D eigenvalue weighted by Crippen LogP contribution is 2.30. The number of hydrogen-bond donors (Lipinski definition) is 2.